The molecule has 0 unspecified atom stereocenters. The van der Waals surface area contributed by atoms with Gasteiger partial charge in [0.15, 0.2) is 0 Å². The molecule has 3 aromatic rings. The third-order valence-corrected chi connectivity index (χ3v) is 3.80. The summed E-state index contributed by atoms with van der Waals surface area (Å²) in [6.45, 7) is 1.82. The van der Waals surface area contributed by atoms with E-state index in [9.17, 15) is 18.0 Å². The molecule has 1 amide bonds. The Morgan fingerprint density at radius 1 is 1.04 bits per heavy atom. The monoisotopic (exact) mass is 357 g/mol. The highest BCUT2D eigenvalue weighted by Crippen LogP contribution is 2.29. The minimum atomic E-state index is -4.49. The molecule has 0 saturated heterocycles. The van der Waals surface area contributed by atoms with Gasteiger partial charge in [-0.3, -0.25) is 14.8 Å². The zero-order valence-electron chi connectivity index (χ0n) is 13.7. The van der Waals surface area contributed by atoms with Crippen LogP contribution in [0.1, 0.15) is 21.6 Å². The maximum absolute atomic E-state index is 12.6. The summed E-state index contributed by atoms with van der Waals surface area (Å²) in [6.07, 6.45) is -0.477. The minimum absolute atomic E-state index is 0.0934. The number of alkyl halides is 3. The van der Waals surface area contributed by atoms with Crippen LogP contribution in [-0.4, -0.2) is 15.9 Å². The van der Waals surface area contributed by atoms with Crippen molar-refractivity contribution in [3.63, 3.8) is 0 Å². The van der Waals surface area contributed by atoms with E-state index in [1.165, 1.54) is 0 Å². The smallest absolute Gasteiger partial charge is 0.320 e. The van der Waals surface area contributed by atoms with Crippen LogP contribution in [0, 0.1) is 6.92 Å². The van der Waals surface area contributed by atoms with E-state index in [-0.39, 0.29) is 5.69 Å². The maximum atomic E-state index is 12.6. The first-order chi connectivity index (χ1) is 12.3. The van der Waals surface area contributed by atoms with E-state index in [1.54, 1.807) is 24.5 Å². The van der Waals surface area contributed by atoms with E-state index >= 15 is 0 Å². The van der Waals surface area contributed by atoms with E-state index in [2.05, 4.69) is 15.3 Å². The average molecular weight is 357 g/mol. The number of carbonyl (C=O) groups is 1. The van der Waals surface area contributed by atoms with Crippen LogP contribution < -0.4 is 5.32 Å². The number of aryl methyl sites for hydroxylation is 1. The highest BCUT2D eigenvalue weighted by Gasteiger charge is 2.30. The standard InChI is InChI=1S/C19H14F3N3O/c1-12-4-5-13(14-3-2-8-23-10-14)9-17(12)25-18(26)16-7-6-15(11-24-16)19(20,21)22/h2-11H,1H3,(H,25,26). The summed E-state index contributed by atoms with van der Waals surface area (Å²) >= 11 is 0. The second-order valence-corrected chi connectivity index (χ2v) is 5.66. The lowest BCUT2D eigenvalue weighted by Gasteiger charge is -2.11. The van der Waals surface area contributed by atoms with Crippen molar-refractivity contribution in [3.8, 4) is 11.1 Å². The van der Waals surface area contributed by atoms with E-state index < -0.39 is 17.6 Å². The first kappa shape index (κ1) is 17.6. The average Bonchev–Trinajstić information content (AvgIpc) is 2.63. The number of pyridine rings is 2. The highest BCUT2D eigenvalue weighted by atomic mass is 19.4. The lowest BCUT2D eigenvalue weighted by Crippen LogP contribution is -2.15. The Morgan fingerprint density at radius 2 is 1.85 bits per heavy atom. The third kappa shape index (κ3) is 3.88. The van der Waals surface area contributed by atoms with Gasteiger partial charge in [0.1, 0.15) is 5.69 Å². The predicted octanol–water partition coefficient (Wildman–Crippen LogP) is 4.72. The Morgan fingerprint density at radius 3 is 2.46 bits per heavy atom. The number of hydrogen-bond acceptors (Lipinski definition) is 3. The van der Waals surface area contributed by atoms with E-state index in [1.807, 2.05) is 25.1 Å². The highest BCUT2D eigenvalue weighted by molar-refractivity contribution is 6.03. The number of rotatable bonds is 3. The number of carbonyl (C=O) groups excluding carboxylic acids is 1. The topological polar surface area (TPSA) is 54.9 Å². The van der Waals surface area contributed by atoms with Gasteiger partial charge in [-0.1, -0.05) is 18.2 Å². The second-order valence-electron chi connectivity index (χ2n) is 5.66. The van der Waals surface area contributed by atoms with Gasteiger partial charge < -0.3 is 5.32 Å². The molecule has 0 bridgehead atoms. The van der Waals surface area contributed by atoms with Gasteiger partial charge in [-0.15, -0.1) is 0 Å². The molecule has 3 rings (SSSR count). The van der Waals surface area contributed by atoms with Crippen LogP contribution >= 0.6 is 0 Å². The van der Waals surface area contributed by atoms with Crippen molar-refractivity contribution in [1.29, 1.82) is 0 Å². The summed E-state index contributed by atoms with van der Waals surface area (Å²) in [5, 5.41) is 2.69. The van der Waals surface area contributed by atoms with Gasteiger partial charge in [-0.25, -0.2) is 0 Å². The second kappa shape index (κ2) is 6.95. The molecule has 2 heterocycles. The normalized spacial score (nSPS) is 11.2. The largest absolute Gasteiger partial charge is 0.417 e. The summed E-state index contributed by atoms with van der Waals surface area (Å²) < 4.78 is 37.7. The lowest BCUT2D eigenvalue weighted by molar-refractivity contribution is -0.137. The van der Waals surface area contributed by atoms with Crippen molar-refractivity contribution in [2.45, 2.75) is 13.1 Å². The molecular formula is C19H14F3N3O. The van der Waals surface area contributed by atoms with Crippen LogP contribution in [0.4, 0.5) is 18.9 Å². The molecule has 0 aliphatic rings. The summed E-state index contributed by atoms with van der Waals surface area (Å²) in [7, 11) is 0. The van der Waals surface area contributed by atoms with Gasteiger partial charge in [0.05, 0.1) is 5.56 Å². The van der Waals surface area contributed by atoms with E-state index in [4.69, 9.17) is 0 Å². The Hall–Kier alpha value is -3.22. The van der Waals surface area contributed by atoms with Crippen LogP contribution in [-0.2, 0) is 6.18 Å². The van der Waals surface area contributed by atoms with Gasteiger partial charge in [-0.05, 0) is 42.3 Å². The number of aromatic nitrogens is 2. The van der Waals surface area contributed by atoms with Crippen molar-refractivity contribution < 1.29 is 18.0 Å². The number of nitrogens with zero attached hydrogens (tertiary/aromatic N) is 2. The zero-order valence-corrected chi connectivity index (χ0v) is 13.7. The lowest BCUT2D eigenvalue weighted by atomic mass is 10.0. The number of anilines is 1. The molecule has 7 heteroatoms. The van der Waals surface area contributed by atoms with Crippen LogP contribution in [0.5, 0.6) is 0 Å². The molecule has 132 valence electrons. The Kier molecular flexibility index (Phi) is 4.71. The Bertz CT molecular complexity index is 923. The third-order valence-electron chi connectivity index (χ3n) is 3.80. The number of hydrogen-bond donors (Lipinski definition) is 1. The molecule has 26 heavy (non-hydrogen) atoms. The number of amides is 1. The van der Waals surface area contributed by atoms with Crippen molar-refractivity contribution in [3.05, 3.63) is 77.9 Å². The minimum Gasteiger partial charge on any atom is -0.320 e. The number of nitrogens with one attached hydrogen (secondary N) is 1. The van der Waals surface area contributed by atoms with Crippen LogP contribution in [0.3, 0.4) is 0 Å². The van der Waals surface area contributed by atoms with E-state index in [0.29, 0.717) is 11.9 Å². The van der Waals surface area contributed by atoms with Gasteiger partial charge in [-0.2, -0.15) is 13.2 Å². The fourth-order valence-electron chi connectivity index (χ4n) is 2.35. The molecule has 0 saturated carbocycles. The predicted molar refractivity (Wildman–Crippen MR) is 91.6 cm³/mol. The molecule has 1 aromatic carbocycles. The molecule has 0 aliphatic carbocycles. The number of benzene rings is 1. The molecule has 1 N–H and O–H groups in total. The van der Waals surface area contributed by atoms with Gasteiger partial charge in [0, 0.05) is 29.8 Å². The molecule has 4 nitrogen and oxygen atoms in total. The molecule has 0 radical (unpaired) electrons. The molecule has 0 fully saturated rings. The van der Waals surface area contributed by atoms with Crippen molar-refractivity contribution in [2.75, 3.05) is 5.32 Å². The van der Waals surface area contributed by atoms with Gasteiger partial charge in [0.25, 0.3) is 5.91 Å². The SMILES string of the molecule is Cc1ccc(-c2cccnc2)cc1NC(=O)c1ccc(C(F)(F)F)cn1. The van der Waals surface area contributed by atoms with Crippen LogP contribution in [0.25, 0.3) is 11.1 Å². The van der Waals surface area contributed by atoms with Gasteiger partial charge >= 0.3 is 6.18 Å². The first-order valence-electron chi connectivity index (χ1n) is 7.70. The molecular weight excluding hydrogens is 343 g/mol. The van der Waals surface area contributed by atoms with Crippen molar-refractivity contribution in [1.82, 2.24) is 9.97 Å². The molecule has 2 aromatic heterocycles. The van der Waals surface area contributed by atoms with Crippen molar-refractivity contribution in [2.24, 2.45) is 0 Å². The molecule has 0 aliphatic heterocycles. The van der Waals surface area contributed by atoms with Crippen molar-refractivity contribution >= 4 is 11.6 Å². The van der Waals surface area contributed by atoms with Crippen LogP contribution in [0.15, 0.2) is 61.1 Å². The quantitative estimate of drug-likeness (QED) is 0.738. The summed E-state index contributed by atoms with van der Waals surface area (Å²) in [4.78, 5) is 20.0. The van der Waals surface area contributed by atoms with E-state index in [0.717, 1.165) is 28.8 Å². The van der Waals surface area contributed by atoms with Gasteiger partial charge in [0.2, 0.25) is 0 Å². The Labute approximate surface area is 147 Å². The zero-order chi connectivity index (χ0) is 18.7. The summed E-state index contributed by atoms with van der Waals surface area (Å²) in [5.74, 6) is -0.579. The first-order valence-corrected chi connectivity index (χ1v) is 7.70. The fraction of sp³-hybridized carbons (Fsp3) is 0.105. The molecule has 0 atom stereocenters. The fourth-order valence-corrected chi connectivity index (χ4v) is 2.35. The Balaban J connectivity index is 1.83. The maximum Gasteiger partial charge on any atom is 0.417 e. The number of halogens is 3. The summed E-state index contributed by atoms with van der Waals surface area (Å²) in [6, 6.07) is 11.1. The molecule has 0 spiro atoms. The summed E-state index contributed by atoms with van der Waals surface area (Å²) in [5.41, 5.74) is 2.12. The van der Waals surface area contributed by atoms with Crippen LogP contribution in [0.2, 0.25) is 0 Å².